The largest absolute Gasteiger partial charge is 0.269 e. The van der Waals surface area contributed by atoms with E-state index in [9.17, 15) is 8.42 Å². The van der Waals surface area contributed by atoms with Crippen LogP contribution in [-0.2, 0) is 10.0 Å². The van der Waals surface area contributed by atoms with Gasteiger partial charge in [-0.05, 0) is 25.5 Å². The van der Waals surface area contributed by atoms with Gasteiger partial charge in [-0.15, -0.1) is 11.6 Å². The molecule has 0 heterocycles. The van der Waals surface area contributed by atoms with E-state index in [4.69, 9.17) is 11.6 Å². The lowest BCUT2D eigenvalue weighted by molar-refractivity contribution is 0.596. The summed E-state index contributed by atoms with van der Waals surface area (Å²) in [6.07, 6.45) is 0. The van der Waals surface area contributed by atoms with Crippen molar-refractivity contribution in [3.63, 3.8) is 0 Å². The lowest BCUT2D eigenvalue weighted by atomic mass is 10.2. The molecule has 0 aliphatic carbocycles. The van der Waals surface area contributed by atoms with Gasteiger partial charge in [0.15, 0.2) is 0 Å². The molecule has 84 valence electrons. The number of benzene rings is 1. The second-order valence-corrected chi connectivity index (χ2v) is 5.65. The summed E-state index contributed by atoms with van der Waals surface area (Å²) in [7, 11) is -3.39. The van der Waals surface area contributed by atoms with Crippen LogP contribution in [0.4, 0.5) is 5.69 Å². The molecular weight excluding hydrogens is 234 g/mol. The zero-order valence-electron chi connectivity index (χ0n) is 8.77. The van der Waals surface area contributed by atoms with Gasteiger partial charge in [-0.25, -0.2) is 8.42 Å². The van der Waals surface area contributed by atoms with Crippen molar-refractivity contribution in [3.8, 4) is 0 Å². The summed E-state index contributed by atoms with van der Waals surface area (Å²) in [4.78, 5) is 0. The highest BCUT2D eigenvalue weighted by Gasteiger charge is 2.20. The molecule has 0 aromatic heterocycles. The molecule has 1 rings (SSSR count). The summed E-state index contributed by atoms with van der Waals surface area (Å²) >= 11 is 5.44. The van der Waals surface area contributed by atoms with Gasteiger partial charge in [0.2, 0.25) is 10.0 Å². The number of sulfonamides is 1. The number of rotatable bonds is 4. The molecule has 0 aliphatic rings. The van der Waals surface area contributed by atoms with Crippen LogP contribution in [0, 0.1) is 6.92 Å². The molecule has 3 nitrogen and oxygen atoms in total. The molecule has 0 amide bonds. The molecule has 0 aliphatic heterocycles. The third-order valence-electron chi connectivity index (χ3n) is 2.15. The summed E-state index contributed by atoms with van der Waals surface area (Å²) < 4.78 is 24.7. The van der Waals surface area contributed by atoms with Crippen LogP contribution < -0.4 is 4.31 Å². The minimum atomic E-state index is -3.39. The molecule has 0 N–H and O–H groups in total. The average molecular weight is 248 g/mol. The van der Waals surface area contributed by atoms with E-state index in [1.165, 1.54) is 4.31 Å². The first-order valence-electron chi connectivity index (χ1n) is 4.65. The van der Waals surface area contributed by atoms with E-state index in [2.05, 4.69) is 0 Å². The highest BCUT2D eigenvalue weighted by Crippen LogP contribution is 2.22. The van der Waals surface area contributed by atoms with Gasteiger partial charge in [-0.1, -0.05) is 18.2 Å². The van der Waals surface area contributed by atoms with E-state index in [0.717, 1.165) is 5.56 Å². The van der Waals surface area contributed by atoms with E-state index in [1.54, 1.807) is 13.0 Å². The zero-order valence-corrected chi connectivity index (χ0v) is 10.3. The third-order valence-corrected chi connectivity index (χ3v) is 4.37. The minimum absolute atomic E-state index is 0.389. The second kappa shape index (κ2) is 4.86. The third kappa shape index (κ3) is 2.63. The van der Waals surface area contributed by atoms with Gasteiger partial charge in [0.05, 0.1) is 5.69 Å². The molecule has 0 spiro atoms. The Kier molecular flexibility index (Phi) is 3.99. The van der Waals surface area contributed by atoms with Crippen molar-refractivity contribution in [1.82, 2.24) is 0 Å². The van der Waals surface area contributed by atoms with Gasteiger partial charge in [-0.2, -0.15) is 0 Å². The van der Waals surface area contributed by atoms with Crippen molar-refractivity contribution < 1.29 is 8.42 Å². The van der Waals surface area contributed by atoms with Crippen LogP contribution in [0.25, 0.3) is 0 Å². The first-order chi connectivity index (χ1) is 7.03. The number of alkyl halides is 1. The summed E-state index contributed by atoms with van der Waals surface area (Å²) in [6, 6.07) is 7.35. The lowest BCUT2D eigenvalue weighted by Gasteiger charge is -2.23. The molecule has 0 unspecified atom stereocenters. The van der Waals surface area contributed by atoms with Crippen molar-refractivity contribution in [1.29, 1.82) is 0 Å². The number of aryl methyl sites for hydroxylation is 1. The Balaban J connectivity index is 3.20. The molecule has 0 bridgehead atoms. The van der Waals surface area contributed by atoms with Crippen molar-refractivity contribution in [2.24, 2.45) is 0 Å². The van der Waals surface area contributed by atoms with Crippen molar-refractivity contribution in [2.75, 3.05) is 16.1 Å². The second-order valence-electron chi connectivity index (χ2n) is 3.17. The smallest absolute Gasteiger partial charge is 0.249 e. The van der Waals surface area contributed by atoms with Crippen LogP contribution in [0.1, 0.15) is 12.5 Å². The van der Waals surface area contributed by atoms with E-state index >= 15 is 0 Å². The van der Waals surface area contributed by atoms with Gasteiger partial charge in [0, 0.05) is 6.54 Å². The molecule has 0 radical (unpaired) electrons. The summed E-state index contributed by atoms with van der Waals surface area (Å²) in [5.41, 5.74) is 1.62. The fraction of sp³-hybridized carbons (Fsp3) is 0.400. The Bertz CT molecular complexity index is 431. The maximum absolute atomic E-state index is 11.7. The number of hydrogen-bond donors (Lipinski definition) is 0. The summed E-state index contributed by atoms with van der Waals surface area (Å²) in [5, 5.41) is -0.394. The van der Waals surface area contributed by atoms with Crippen LogP contribution in [0.2, 0.25) is 0 Å². The highest BCUT2D eigenvalue weighted by atomic mass is 35.5. The summed E-state index contributed by atoms with van der Waals surface area (Å²) in [6.45, 7) is 4.05. The van der Waals surface area contributed by atoms with E-state index in [-0.39, 0.29) is 0 Å². The predicted molar refractivity (Wildman–Crippen MR) is 63.8 cm³/mol. The minimum Gasteiger partial charge on any atom is -0.269 e. The van der Waals surface area contributed by atoms with Crippen molar-refractivity contribution in [2.45, 2.75) is 13.8 Å². The predicted octanol–water partition coefficient (Wildman–Crippen LogP) is 2.35. The zero-order chi connectivity index (χ0) is 11.5. The Morgan fingerprint density at radius 2 is 1.93 bits per heavy atom. The molecule has 0 fully saturated rings. The molecule has 15 heavy (non-hydrogen) atoms. The van der Waals surface area contributed by atoms with Gasteiger partial charge in [-0.3, -0.25) is 4.31 Å². The number of hydrogen-bond acceptors (Lipinski definition) is 2. The number of nitrogens with zero attached hydrogens (tertiary/aromatic N) is 1. The lowest BCUT2D eigenvalue weighted by Crippen LogP contribution is -2.31. The SMILES string of the molecule is CCN(c1ccccc1C)S(=O)(=O)CCl. The molecule has 1 aromatic rings. The van der Waals surface area contributed by atoms with Crippen LogP contribution >= 0.6 is 11.6 Å². The van der Waals surface area contributed by atoms with Crippen LogP contribution in [0.3, 0.4) is 0 Å². The average Bonchev–Trinajstić information content (AvgIpc) is 2.21. The van der Waals surface area contributed by atoms with E-state index in [1.807, 2.05) is 25.1 Å². The monoisotopic (exact) mass is 247 g/mol. The molecule has 0 saturated carbocycles. The Hall–Kier alpha value is -0.740. The van der Waals surface area contributed by atoms with Gasteiger partial charge in [0.1, 0.15) is 5.21 Å². The first kappa shape index (κ1) is 12.3. The van der Waals surface area contributed by atoms with E-state index in [0.29, 0.717) is 12.2 Å². The molecule has 1 aromatic carbocycles. The molecule has 5 heteroatoms. The summed E-state index contributed by atoms with van der Waals surface area (Å²) in [5.74, 6) is 0. The Morgan fingerprint density at radius 3 is 2.40 bits per heavy atom. The molecule has 0 saturated heterocycles. The maximum atomic E-state index is 11.7. The van der Waals surface area contributed by atoms with Crippen LogP contribution in [0.5, 0.6) is 0 Å². The van der Waals surface area contributed by atoms with Gasteiger partial charge >= 0.3 is 0 Å². The Labute approximate surface area is 95.7 Å². The molecule has 0 atom stereocenters. The normalized spacial score (nSPS) is 11.4. The molecular formula is C10H14ClNO2S. The number of para-hydroxylation sites is 1. The Morgan fingerprint density at radius 1 is 1.33 bits per heavy atom. The van der Waals surface area contributed by atoms with Crippen LogP contribution in [-0.4, -0.2) is 20.2 Å². The number of halogens is 1. The van der Waals surface area contributed by atoms with Crippen LogP contribution in [0.15, 0.2) is 24.3 Å². The van der Waals surface area contributed by atoms with Crippen molar-refractivity contribution >= 4 is 27.3 Å². The van der Waals surface area contributed by atoms with Crippen molar-refractivity contribution in [3.05, 3.63) is 29.8 Å². The first-order valence-corrected chi connectivity index (χ1v) is 6.79. The fourth-order valence-electron chi connectivity index (χ4n) is 1.42. The van der Waals surface area contributed by atoms with Gasteiger partial charge in [0.25, 0.3) is 0 Å². The quantitative estimate of drug-likeness (QED) is 0.766. The topological polar surface area (TPSA) is 37.4 Å². The standard InChI is InChI=1S/C10H14ClNO2S/c1-3-12(15(13,14)8-11)10-7-5-4-6-9(10)2/h4-7H,3,8H2,1-2H3. The maximum Gasteiger partial charge on any atom is 0.249 e. The van der Waals surface area contributed by atoms with E-state index < -0.39 is 15.2 Å². The fourth-order valence-corrected chi connectivity index (χ4v) is 2.79. The highest BCUT2D eigenvalue weighted by molar-refractivity contribution is 7.93. The van der Waals surface area contributed by atoms with Gasteiger partial charge < -0.3 is 0 Å². The number of anilines is 1.